The molecule has 1 aliphatic rings. The van der Waals surface area contributed by atoms with Crippen molar-refractivity contribution in [3.05, 3.63) is 62.5 Å². The van der Waals surface area contributed by atoms with Crippen LogP contribution in [-0.4, -0.2) is 31.1 Å². The summed E-state index contributed by atoms with van der Waals surface area (Å²) in [7, 11) is 0. The minimum absolute atomic E-state index is 0.00891. The zero-order valence-corrected chi connectivity index (χ0v) is 18.7. The molecule has 1 aliphatic heterocycles. The Hall–Kier alpha value is -2.38. The monoisotopic (exact) mass is 446 g/mol. The molecule has 1 saturated heterocycles. The number of rotatable bonds is 5. The lowest BCUT2D eigenvalue weighted by atomic mass is 10.1. The molecule has 1 unspecified atom stereocenters. The normalized spacial score (nSPS) is 16.6. The van der Waals surface area contributed by atoms with Gasteiger partial charge >= 0.3 is 0 Å². The molecule has 0 bridgehead atoms. The maximum absolute atomic E-state index is 13.0. The van der Waals surface area contributed by atoms with Gasteiger partial charge in [0.25, 0.3) is 5.56 Å². The molecule has 0 aliphatic carbocycles. The third-order valence-corrected chi connectivity index (χ3v) is 6.13. The summed E-state index contributed by atoms with van der Waals surface area (Å²) in [6.07, 6.45) is 5.32. The number of aryl methyl sites for hydroxylation is 1. The van der Waals surface area contributed by atoms with Gasteiger partial charge in [-0.2, -0.15) is 9.78 Å². The van der Waals surface area contributed by atoms with E-state index in [2.05, 4.69) is 38.6 Å². The maximum Gasteiger partial charge on any atom is 0.292 e. The third-order valence-electron chi connectivity index (χ3n) is 5.37. The summed E-state index contributed by atoms with van der Waals surface area (Å²) in [6.45, 7) is 7.85. The molecule has 158 valence electrons. The Morgan fingerprint density at radius 3 is 2.80 bits per heavy atom. The highest BCUT2D eigenvalue weighted by atomic mass is 35.5. The topological polar surface area (TPSA) is 68.8 Å². The third kappa shape index (κ3) is 3.84. The predicted molar refractivity (Wildman–Crippen MR) is 119 cm³/mol. The summed E-state index contributed by atoms with van der Waals surface area (Å²) < 4.78 is 3.37. The Labute approximate surface area is 185 Å². The van der Waals surface area contributed by atoms with Crippen LogP contribution in [0.4, 0.5) is 5.69 Å². The maximum atomic E-state index is 13.0. The average Bonchev–Trinajstić information content (AvgIpc) is 3.35. The van der Waals surface area contributed by atoms with Crippen molar-refractivity contribution in [2.45, 2.75) is 46.2 Å². The zero-order chi connectivity index (χ0) is 21.4. The van der Waals surface area contributed by atoms with E-state index in [1.807, 2.05) is 13.0 Å². The van der Waals surface area contributed by atoms with Gasteiger partial charge in [-0.15, -0.1) is 10.2 Å². The Bertz CT molecular complexity index is 1120. The number of halogens is 2. The molecule has 1 atom stereocenters. The highest BCUT2D eigenvalue weighted by Crippen LogP contribution is 2.37. The van der Waals surface area contributed by atoms with E-state index in [0.717, 1.165) is 37.3 Å². The molecule has 9 heteroatoms. The molecule has 3 aromatic rings. The minimum atomic E-state index is -0.372. The molecule has 30 heavy (non-hydrogen) atoms. The van der Waals surface area contributed by atoms with E-state index in [4.69, 9.17) is 23.2 Å². The number of aromatic nitrogens is 5. The van der Waals surface area contributed by atoms with Crippen LogP contribution in [0.2, 0.25) is 10.0 Å². The Kier molecular flexibility index (Phi) is 5.84. The number of benzene rings is 1. The number of nitrogens with zero attached hydrogens (tertiary/aromatic N) is 6. The van der Waals surface area contributed by atoms with Crippen molar-refractivity contribution < 1.29 is 0 Å². The SMILES string of the molecule is Cc1ccc(-n2ncc(N3CCCC3c3nncn3CC(C)C)c(Cl)c2=O)cc1Cl. The summed E-state index contributed by atoms with van der Waals surface area (Å²) in [5.41, 5.74) is 1.77. The molecule has 0 saturated carbocycles. The van der Waals surface area contributed by atoms with Crippen LogP contribution >= 0.6 is 23.2 Å². The smallest absolute Gasteiger partial charge is 0.292 e. The summed E-state index contributed by atoms with van der Waals surface area (Å²) in [4.78, 5) is 15.1. The highest BCUT2D eigenvalue weighted by Gasteiger charge is 2.32. The van der Waals surface area contributed by atoms with Crippen LogP contribution < -0.4 is 10.5 Å². The van der Waals surface area contributed by atoms with Crippen molar-refractivity contribution in [1.29, 1.82) is 0 Å². The molecular formula is C21H24Cl2N6O. The van der Waals surface area contributed by atoms with Crippen LogP contribution in [0.3, 0.4) is 0 Å². The molecule has 1 fully saturated rings. The van der Waals surface area contributed by atoms with Gasteiger partial charge in [-0.05, 0) is 43.4 Å². The molecule has 1 aromatic carbocycles. The Balaban J connectivity index is 1.70. The molecule has 0 radical (unpaired) electrons. The first-order chi connectivity index (χ1) is 14.4. The fourth-order valence-electron chi connectivity index (χ4n) is 3.90. The summed E-state index contributed by atoms with van der Waals surface area (Å²) in [5, 5.41) is 13.6. The van der Waals surface area contributed by atoms with Crippen LogP contribution in [0.1, 0.15) is 44.1 Å². The van der Waals surface area contributed by atoms with Crippen LogP contribution in [0.25, 0.3) is 5.69 Å². The van der Waals surface area contributed by atoms with Crippen molar-refractivity contribution in [3.8, 4) is 5.69 Å². The van der Waals surface area contributed by atoms with Crippen LogP contribution in [0, 0.1) is 12.8 Å². The minimum Gasteiger partial charge on any atom is -0.359 e. The van der Waals surface area contributed by atoms with E-state index in [9.17, 15) is 4.79 Å². The lowest BCUT2D eigenvalue weighted by Crippen LogP contribution is -2.30. The van der Waals surface area contributed by atoms with Gasteiger partial charge in [0.1, 0.15) is 11.3 Å². The Morgan fingerprint density at radius 1 is 1.27 bits per heavy atom. The summed E-state index contributed by atoms with van der Waals surface area (Å²) in [5.74, 6) is 1.37. The second-order valence-electron chi connectivity index (χ2n) is 8.08. The van der Waals surface area contributed by atoms with Crippen LogP contribution in [0.5, 0.6) is 0 Å². The van der Waals surface area contributed by atoms with Crippen molar-refractivity contribution in [2.75, 3.05) is 11.4 Å². The van der Waals surface area contributed by atoms with E-state index in [1.165, 1.54) is 4.68 Å². The fraction of sp³-hybridized carbons (Fsp3) is 0.429. The van der Waals surface area contributed by atoms with Crippen molar-refractivity contribution in [3.63, 3.8) is 0 Å². The van der Waals surface area contributed by atoms with Gasteiger partial charge < -0.3 is 9.47 Å². The van der Waals surface area contributed by atoms with Gasteiger partial charge in [0.2, 0.25) is 0 Å². The molecule has 4 rings (SSSR count). The molecule has 7 nitrogen and oxygen atoms in total. The average molecular weight is 447 g/mol. The largest absolute Gasteiger partial charge is 0.359 e. The first-order valence-electron chi connectivity index (χ1n) is 10.1. The van der Waals surface area contributed by atoms with E-state index >= 15 is 0 Å². The van der Waals surface area contributed by atoms with E-state index in [0.29, 0.717) is 22.3 Å². The number of hydrogen-bond donors (Lipinski definition) is 0. The lowest BCUT2D eigenvalue weighted by molar-refractivity contribution is 0.488. The van der Waals surface area contributed by atoms with Gasteiger partial charge in [-0.1, -0.05) is 43.1 Å². The second-order valence-corrected chi connectivity index (χ2v) is 8.87. The molecule has 0 N–H and O–H groups in total. The number of anilines is 1. The molecule has 3 heterocycles. The fourth-order valence-corrected chi connectivity index (χ4v) is 4.31. The molecule has 0 spiro atoms. The predicted octanol–water partition coefficient (Wildman–Crippen LogP) is 4.44. The Morgan fingerprint density at radius 2 is 2.07 bits per heavy atom. The molecular weight excluding hydrogens is 423 g/mol. The lowest BCUT2D eigenvalue weighted by Gasteiger charge is -2.27. The van der Waals surface area contributed by atoms with Crippen molar-refractivity contribution in [1.82, 2.24) is 24.5 Å². The van der Waals surface area contributed by atoms with Gasteiger partial charge in [-0.3, -0.25) is 4.79 Å². The summed E-state index contributed by atoms with van der Waals surface area (Å²) >= 11 is 12.8. The van der Waals surface area contributed by atoms with Gasteiger partial charge in [-0.25, -0.2) is 0 Å². The second kappa shape index (κ2) is 8.40. The van der Waals surface area contributed by atoms with E-state index < -0.39 is 0 Å². The molecule has 2 aromatic heterocycles. The highest BCUT2D eigenvalue weighted by molar-refractivity contribution is 6.33. The van der Waals surface area contributed by atoms with E-state index in [1.54, 1.807) is 24.7 Å². The molecule has 0 amide bonds. The van der Waals surface area contributed by atoms with Crippen molar-refractivity contribution >= 4 is 28.9 Å². The van der Waals surface area contributed by atoms with Gasteiger partial charge in [0, 0.05) is 18.1 Å². The van der Waals surface area contributed by atoms with Crippen molar-refractivity contribution in [2.24, 2.45) is 5.92 Å². The quantitative estimate of drug-likeness (QED) is 0.579. The zero-order valence-electron chi connectivity index (χ0n) is 17.2. The first-order valence-corrected chi connectivity index (χ1v) is 10.8. The summed E-state index contributed by atoms with van der Waals surface area (Å²) in [6, 6.07) is 5.38. The number of hydrogen-bond acceptors (Lipinski definition) is 5. The van der Waals surface area contributed by atoms with Gasteiger partial charge in [0.05, 0.1) is 23.6 Å². The van der Waals surface area contributed by atoms with Crippen LogP contribution in [0.15, 0.2) is 35.5 Å². The van der Waals surface area contributed by atoms with E-state index in [-0.39, 0.29) is 16.6 Å². The van der Waals surface area contributed by atoms with Gasteiger partial charge in [0.15, 0.2) is 5.82 Å². The first kappa shape index (κ1) is 20.9. The standard InChI is InChI=1S/C21H24Cl2N6O/c1-13(2)11-27-12-24-26-20(27)17-5-4-8-28(17)18-10-25-29(21(30)19(18)23)15-7-6-14(3)16(22)9-15/h6-7,9-10,12-13,17H,4-5,8,11H2,1-3H3. The van der Waals surface area contributed by atoms with Crippen LogP contribution in [-0.2, 0) is 6.54 Å².